The number of hydrogen-bond donors (Lipinski definition) is 1. The summed E-state index contributed by atoms with van der Waals surface area (Å²) >= 11 is 11.5. The molecule has 0 atom stereocenters. The molecule has 0 fully saturated rings. The van der Waals surface area contributed by atoms with Gasteiger partial charge < -0.3 is 10.1 Å². The third-order valence-corrected chi connectivity index (χ3v) is 3.13. The van der Waals surface area contributed by atoms with Crippen molar-refractivity contribution < 1.29 is 13.9 Å². The maximum Gasteiger partial charge on any atom is 0.259 e. The average molecular weight is 314 g/mol. The van der Waals surface area contributed by atoms with E-state index in [0.29, 0.717) is 10.8 Å². The van der Waals surface area contributed by atoms with E-state index in [1.165, 1.54) is 31.4 Å². The summed E-state index contributed by atoms with van der Waals surface area (Å²) in [5, 5.41) is 2.74. The van der Waals surface area contributed by atoms with Gasteiger partial charge in [-0.15, -0.1) is 0 Å². The minimum atomic E-state index is -0.691. The molecule has 0 aliphatic rings. The molecule has 0 saturated heterocycles. The van der Waals surface area contributed by atoms with Crippen molar-refractivity contribution in [3.05, 3.63) is 57.8 Å². The number of anilines is 1. The van der Waals surface area contributed by atoms with Crippen molar-refractivity contribution in [3.8, 4) is 5.75 Å². The molecule has 6 heteroatoms. The summed E-state index contributed by atoms with van der Waals surface area (Å²) in [5.41, 5.74) is 0.198. The number of hydrogen-bond acceptors (Lipinski definition) is 2. The minimum absolute atomic E-state index is 0.00970. The summed E-state index contributed by atoms with van der Waals surface area (Å²) in [6, 6.07) is 8.94. The van der Waals surface area contributed by atoms with E-state index in [1.54, 1.807) is 12.1 Å². The Kier molecular flexibility index (Phi) is 4.47. The summed E-state index contributed by atoms with van der Waals surface area (Å²) in [6.45, 7) is 0. The first-order valence-electron chi connectivity index (χ1n) is 5.62. The monoisotopic (exact) mass is 313 g/mol. The van der Waals surface area contributed by atoms with Crippen molar-refractivity contribution >= 4 is 34.8 Å². The summed E-state index contributed by atoms with van der Waals surface area (Å²) < 4.78 is 18.8. The van der Waals surface area contributed by atoms with E-state index in [2.05, 4.69) is 5.32 Å². The van der Waals surface area contributed by atoms with E-state index in [0.717, 1.165) is 0 Å². The van der Waals surface area contributed by atoms with Crippen molar-refractivity contribution in [1.29, 1.82) is 0 Å². The molecule has 0 heterocycles. The van der Waals surface area contributed by atoms with Gasteiger partial charge in [0.1, 0.15) is 5.75 Å². The predicted octanol–water partition coefficient (Wildman–Crippen LogP) is 4.39. The fourth-order valence-corrected chi connectivity index (χ4v) is 1.99. The molecule has 0 saturated carbocycles. The van der Waals surface area contributed by atoms with Gasteiger partial charge in [-0.05, 0) is 30.3 Å². The normalized spacial score (nSPS) is 10.2. The van der Waals surface area contributed by atoms with Gasteiger partial charge in [0, 0.05) is 5.02 Å². The number of nitrogens with one attached hydrogen (secondary N) is 1. The SMILES string of the molecule is COc1ccc(Cl)cc1C(=O)Nc1cccc(Cl)c1F. The molecule has 2 rings (SSSR count). The van der Waals surface area contributed by atoms with Crippen molar-refractivity contribution in [2.24, 2.45) is 0 Å². The lowest BCUT2D eigenvalue weighted by Crippen LogP contribution is -2.14. The molecule has 0 aromatic heterocycles. The number of carbonyl (C=O) groups is 1. The van der Waals surface area contributed by atoms with Crippen LogP contribution in [0.2, 0.25) is 10.0 Å². The van der Waals surface area contributed by atoms with Gasteiger partial charge in [0.15, 0.2) is 5.82 Å². The van der Waals surface area contributed by atoms with E-state index >= 15 is 0 Å². The standard InChI is InChI=1S/C14H10Cl2FNO2/c1-20-12-6-5-8(15)7-9(12)14(19)18-11-4-2-3-10(16)13(11)17/h2-7H,1H3,(H,18,19). The van der Waals surface area contributed by atoms with Crippen LogP contribution >= 0.6 is 23.2 Å². The lowest BCUT2D eigenvalue weighted by molar-refractivity contribution is 0.102. The highest BCUT2D eigenvalue weighted by Crippen LogP contribution is 2.26. The fraction of sp³-hybridized carbons (Fsp3) is 0.0714. The highest BCUT2D eigenvalue weighted by Gasteiger charge is 2.15. The first kappa shape index (κ1) is 14.6. The Balaban J connectivity index is 2.33. The predicted molar refractivity (Wildman–Crippen MR) is 77.4 cm³/mol. The van der Waals surface area contributed by atoms with Crippen LogP contribution in [0.1, 0.15) is 10.4 Å². The zero-order chi connectivity index (χ0) is 14.7. The van der Waals surface area contributed by atoms with E-state index < -0.39 is 11.7 Å². The number of benzene rings is 2. The molecule has 2 aromatic carbocycles. The molecule has 104 valence electrons. The molecule has 20 heavy (non-hydrogen) atoms. The van der Waals surface area contributed by atoms with Gasteiger partial charge in [0.05, 0.1) is 23.4 Å². The van der Waals surface area contributed by atoms with Gasteiger partial charge in [-0.25, -0.2) is 4.39 Å². The maximum atomic E-state index is 13.7. The molecule has 0 bridgehead atoms. The first-order chi connectivity index (χ1) is 9.52. The average Bonchev–Trinajstić information content (AvgIpc) is 2.43. The number of halogens is 3. The summed E-state index contributed by atoms with van der Waals surface area (Å²) in [6.07, 6.45) is 0. The number of ether oxygens (including phenoxy) is 1. The Hall–Kier alpha value is -1.78. The second-order valence-electron chi connectivity index (χ2n) is 3.90. The third kappa shape index (κ3) is 3.03. The Bertz CT molecular complexity index is 662. The molecule has 1 N–H and O–H groups in total. The largest absolute Gasteiger partial charge is 0.496 e. The molecule has 0 spiro atoms. The topological polar surface area (TPSA) is 38.3 Å². The second kappa shape index (κ2) is 6.11. The zero-order valence-corrected chi connectivity index (χ0v) is 11.9. The van der Waals surface area contributed by atoms with Crippen LogP contribution in [0.5, 0.6) is 5.75 Å². The number of rotatable bonds is 3. The van der Waals surface area contributed by atoms with Crippen molar-refractivity contribution in [3.63, 3.8) is 0 Å². The van der Waals surface area contributed by atoms with Crippen LogP contribution in [0.4, 0.5) is 10.1 Å². The van der Waals surface area contributed by atoms with Crippen molar-refractivity contribution in [2.45, 2.75) is 0 Å². The quantitative estimate of drug-likeness (QED) is 0.912. The minimum Gasteiger partial charge on any atom is -0.496 e. The highest BCUT2D eigenvalue weighted by atomic mass is 35.5. The lowest BCUT2D eigenvalue weighted by atomic mass is 10.2. The van der Waals surface area contributed by atoms with Gasteiger partial charge in [-0.1, -0.05) is 29.3 Å². The van der Waals surface area contributed by atoms with E-state index in [-0.39, 0.29) is 16.3 Å². The van der Waals surface area contributed by atoms with Gasteiger partial charge >= 0.3 is 0 Å². The molecule has 0 unspecified atom stereocenters. The molecule has 0 aliphatic heterocycles. The van der Waals surface area contributed by atoms with E-state index in [4.69, 9.17) is 27.9 Å². The van der Waals surface area contributed by atoms with Gasteiger partial charge in [-0.2, -0.15) is 0 Å². The second-order valence-corrected chi connectivity index (χ2v) is 4.74. The van der Waals surface area contributed by atoms with E-state index in [1.807, 2.05) is 0 Å². The van der Waals surface area contributed by atoms with Crippen LogP contribution in [-0.4, -0.2) is 13.0 Å². The third-order valence-electron chi connectivity index (χ3n) is 2.61. The Labute approximate surface area is 125 Å². The number of methoxy groups -OCH3 is 1. The Morgan fingerprint density at radius 2 is 2.00 bits per heavy atom. The molecule has 2 aromatic rings. The summed E-state index contributed by atoms with van der Waals surface area (Å²) in [7, 11) is 1.43. The molecule has 0 radical (unpaired) electrons. The smallest absolute Gasteiger partial charge is 0.259 e. The van der Waals surface area contributed by atoms with Crippen LogP contribution in [0.3, 0.4) is 0 Å². The van der Waals surface area contributed by atoms with Crippen molar-refractivity contribution in [1.82, 2.24) is 0 Å². The Morgan fingerprint density at radius 3 is 2.70 bits per heavy atom. The number of carbonyl (C=O) groups excluding carboxylic acids is 1. The van der Waals surface area contributed by atoms with Crippen LogP contribution < -0.4 is 10.1 Å². The molecule has 1 amide bonds. The van der Waals surface area contributed by atoms with Crippen molar-refractivity contribution in [2.75, 3.05) is 12.4 Å². The summed E-state index contributed by atoms with van der Waals surface area (Å²) in [4.78, 5) is 12.2. The molecular weight excluding hydrogens is 304 g/mol. The molecular formula is C14H10Cl2FNO2. The van der Waals surface area contributed by atoms with Crippen LogP contribution in [0.15, 0.2) is 36.4 Å². The van der Waals surface area contributed by atoms with Crippen LogP contribution in [0.25, 0.3) is 0 Å². The van der Waals surface area contributed by atoms with Crippen LogP contribution in [-0.2, 0) is 0 Å². The summed E-state index contributed by atoms with van der Waals surface area (Å²) in [5.74, 6) is -0.886. The van der Waals surface area contributed by atoms with Gasteiger partial charge in [-0.3, -0.25) is 4.79 Å². The maximum absolute atomic E-state index is 13.7. The Morgan fingerprint density at radius 1 is 1.25 bits per heavy atom. The number of amides is 1. The molecule has 3 nitrogen and oxygen atoms in total. The van der Waals surface area contributed by atoms with Gasteiger partial charge in [0.2, 0.25) is 0 Å². The van der Waals surface area contributed by atoms with Crippen LogP contribution in [0, 0.1) is 5.82 Å². The zero-order valence-electron chi connectivity index (χ0n) is 10.4. The molecule has 0 aliphatic carbocycles. The first-order valence-corrected chi connectivity index (χ1v) is 6.37. The fourth-order valence-electron chi connectivity index (χ4n) is 1.65. The highest BCUT2D eigenvalue weighted by molar-refractivity contribution is 6.31. The van der Waals surface area contributed by atoms with E-state index in [9.17, 15) is 9.18 Å². The lowest BCUT2D eigenvalue weighted by Gasteiger charge is -2.10. The van der Waals surface area contributed by atoms with Gasteiger partial charge in [0.25, 0.3) is 5.91 Å².